The van der Waals surface area contributed by atoms with E-state index >= 15 is 0 Å². The van der Waals surface area contributed by atoms with Gasteiger partial charge in [0.1, 0.15) is 0 Å². The van der Waals surface area contributed by atoms with Gasteiger partial charge < -0.3 is 15.0 Å². The number of halogens is 3. The number of hydrogen-bond donors (Lipinski definition) is 2. The molecule has 1 saturated carbocycles. The average molecular weight is 397 g/mol. The van der Waals surface area contributed by atoms with E-state index < -0.39 is 11.5 Å². The molecule has 1 aliphatic carbocycles. The Balaban J connectivity index is 1.54. The van der Waals surface area contributed by atoms with Crippen LogP contribution >= 0.6 is 11.6 Å². The van der Waals surface area contributed by atoms with Crippen molar-refractivity contribution in [2.75, 3.05) is 13.1 Å². The summed E-state index contributed by atoms with van der Waals surface area (Å²) in [4.78, 5) is 12.9. The number of benzene rings is 1. The zero-order valence-electron chi connectivity index (χ0n) is 15.0. The predicted molar refractivity (Wildman–Crippen MR) is 101 cm³/mol. The molecule has 0 amide bonds. The van der Waals surface area contributed by atoms with Gasteiger partial charge in [-0.25, -0.2) is 8.78 Å². The maximum Gasteiger partial charge on any atom is 0.248 e. The molecule has 1 saturated heterocycles. The van der Waals surface area contributed by atoms with E-state index in [1.165, 1.54) is 0 Å². The molecule has 7 heteroatoms. The van der Waals surface area contributed by atoms with Gasteiger partial charge in [-0.1, -0.05) is 17.7 Å². The lowest BCUT2D eigenvalue weighted by Crippen LogP contribution is -2.43. The molecular weight excluding hydrogens is 374 g/mol. The van der Waals surface area contributed by atoms with Crippen molar-refractivity contribution in [3.05, 3.63) is 35.0 Å². The summed E-state index contributed by atoms with van der Waals surface area (Å²) < 4.78 is 28.8. The number of carbonyl (C=O) groups is 1. The Morgan fingerprint density at radius 2 is 1.96 bits per heavy atom. The summed E-state index contributed by atoms with van der Waals surface area (Å²) >= 11 is 6.38. The van der Waals surface area contributed by atoms with Gasteiger partial charge in [-0.05, 0) is 31.4 Å². The van der Waals surface area contributed by atoms with Crippen LogP contribution in [0.1, 0.15) is 54.9 Å². The van der Waals surface area contributed by atoms with Gasteiger partial charge in [-0.15, -0.1) is 0 Å². The molecule has 2 aliphatic rings. The van der Waals surface area contributed by atoms with E-state index in [9.17, 15) is 18.7 Å². The second-order valence-electron chi connectivity index (χ2n) is 7.90. The van der Waals surface area contributed by atoms with Crippen LogP contribution in [0, 0.1) is 0 Å². The molecule has 2 heterocycles. The maximum atomic E-state index is 13.3. The third-order valence-electron chi connectivity index (χ3n) is 5.99. The number of nitrogens with one attached hydrogen (secondary N) is 1. The van der Waals surface area contributed by atoms with E-state index in [0.717, 1.165) is 24.0 Å². The Labute approximate surface area is 161 Å². The molecule has 1 aliphatic heterocycles. The van der Waals surface area contributed by atoms with Crippen molar-refractivity contribution in [2.45, 2.75) is 56.1 Å². The van der Waals surface area contributed by atoms with Crippen LogP contribution in [-0.2, 0) is 0 Å². The smallest absolute Gasteiger partial charge is 0.248 e. The Bertz CT molecular complexity index is 866. The quantitative estimate of drug-likeness (QED) is 0.739. The molecular formula is C20H23ClF2N2O2. The SMILES string of the molecule is O=C(CCC1(O)CCC(F)(F)CC1)c1cn(C2CNC2)c2cccc(Cl)c12. The van der Waals surface area contributed by atoms with Crippen molar-refractivity contribution in [1.82, 2.24) is 9.88 Å². The highest BCUT2D eigenvalue weighted by Crippen LogP contribution is 2.41. The lowest BCUT2D eigenvalue weighted by atomic mass is 9.79. The number of hydrogen-bond acceptors (Lipinski definition) is 3. The van der Waals surface area contributed by atoms with Crippen LogP contribution in [0.2, 0.25) is 5.02 Å². The molecule has 2 aromatic rings. The first kappa shape index (κ1) is 18.8. The van der Waals surface area contributed by atoms with Crippen molar-refractivity contribution < 1.29 is 18.7 Å². The van der Waals surface area contributed by atoms with Gasteiger partial charge in [0.15, 0.2) is 5.78 Å². The molecule has 2 N–H and O–H groups in total. The highest BCUT2D eigenvalue weighted by atomic mass is 35.5. The minimum absolute atomic E-state index is 0.0313. The molecule has 146 valence electrons. The van der Waals surface area contributed by atoms with Crippen molar-refractivity contribution in [1.29, 1.82) is 0 Å². The first-order chi connectivity index (χ1) is 12.8. The van der Waals surface area contributed by atoms with Gasteiger partial charge in [-0.2, -0.15) is 0 Å². The predicted octanol–water partition coefficient (Wildman–Crippen LogP) is 4.34. The minimum Gasteiger partial charge on any atom is -0.390 e. The van der Waals surface area contributed by atoms with Crippen LogP contribution in [-0.4, -0.2) is 40.1 Å². The topological polar surface area (TPSA) is 54.3 Å². The van der Waals surface area contributed by atoms with Crippen LogP contribution < -0.4 is 5.32 Å². The van der Waals surface area contributed by atoms with Crippen molar-refractivity contribution >= 4 is 28.3 Å². The van der Waals surface area contributed by atoms with E-state index in [1.807, 2.05) is 18.3 Å². The fraction of sp³-hybridized carbons (Fsp3) is 0.550. The van der Waals surface area contributed by atoms with E-state index in [2.05, 4.69) is 9.88 Å². The molecule has 0 bridgehead atoms. The summed E-state index contributed by atoms with van der Waals surface area (Å²) in [7, 11) is 0. The van der Waals surface area contributed by atoms with E-state index in [4.69, 9.17) is 11.6 Å². The summed E-state index contributed by atoms with van der Waals surface area (Å²) in [5.41, 5.74) is 0.290. The largest absolute Gasteiger partial charge is 0.390 e. The molecule has 0 radical (unpaired) electrons. The third-order valence-corrected chi connectivity index (χ3v) is 6.31. The number of carbonyl (C=O) groups excluding carboxylic acids is 1. The van der Waals surface area contributed by atoms with Crippen molar-refractivity contribution in [3.8, 4) is 0 Å². The van der Waals surface area contributed by atoms with Crippen LogP contribution in [0.4, 0.5) is 8.78 Å². The van der Waals surface area contributed by atoms with Crippen LogP contribution in [0.15, 0.2) is 24.4 Å². The highest BCUT2D eigenvalue weighted by Gasteiger charge is 2.42. The monoisotopic (exact) mass is 396 g/mol. The Morgan fingerprint density at radius 1 is 1.26 bits per heavy atom. The van der Waals surface area contributed by atoms with E-state index in [0.29, 0.717) is 10.6 Å². The second kappa shape index (κ2) is 6.83. The number of nitrogens with zero attached hydrogens (tertiary/aromatic N) is 1. The zero-order valence-corrected chi connectivity index (χ0v) is 15.7. The Morgan fingerprint density at radius 3 is 2.59 bits per heavy atom. The maximum absolute atomic E-state index is 13.3. The number of aromatic nitrogens is 1. The van der Waals surface area contributed by atoms with Crippen molar-refractivity contribution in [2.24, 2.45) is 0 Å². The summed E-state index contributed by atoms with van der Waals surface area (Å²) in [6.07, 6.45) is 1.59. The standard InChI is InChI=1S/C20H23ClF2N2O2/c21-15-2-1-3-16-18(15)14(12-25(16)13-10-24-11-13)17(26)4-5-19(27)6-8-20(22,23)9-7-19/h1-3,12-13,24,27H,4-11H2. The normalized spacial score (nSPS) is 21.9. The average Bonchev–Trinajstić information content (AvgIpc) is 2.96. The number of aliphatic hydroxyl groups is 1. The van der Waals surface area contributed by atoms with Crippen molar-refractivity contribution in [3.63, 3.8) is 0 Å². The molecule has 0 atom stereocenters. The van der Waals surface area contributed by atoms with Gasteiger partial charge in [0.25, 0.3) is 0 Å². The highest BCUT2D eigenvalue weighted by molar-refractivity contribution is 6.37. The minimum atomic E-state index is -2.70. The van der Waals surface area contributed by atoms with Crippen LogP contribution in [0.25, 0.3) is 10.9 Å². The zero-order chi connectivity index (χ0) is 19.2. The number of rotatable bonds is 5. The van der Waals surface area contributed by atoms with E-state index in [-0.39, 0.29) is 50.4 Å². The number of ketones is 1. The molecule has 27 heavy (non-hydrogen) atoms. The third kappa shape index (κ3) is 3.62. The first-order valence-electron chi connectivity index (χ1n) is 9.41. The molecule has 2 fully saturated rings. The Kier molecular flexibility index (Phi) is 4.77. The summed E-state index contributed by atoms with van der Waals surface area (Å²) in [5.74, 6) is -2.81. The fourth-order valence-corrected chi connectivity index (χ4v) is 4.33. The lowest BCUT2D eigenvalue weighted by Gasteiger charge is -2.35. The number of alkyl halides is 2. The Hall–Kier alpha value is -1.50. The fourth-order valence-electron chi connectivity index (χ4n) is 4.06. The van der Waals surface area contributed by atoms with Crippen LogP contribution in [0.5, 0.6) is 0 Å². The van der Waals surface area contributed by atoms with Gasteiger partial charge in [-0.3, -0.25) is 4.79 Å². The molecule has 1 aromatic heterocycles. The molecule has 0 spiro atoms. The van der Waals surface area contributed by atoms with Gasteiger partial charge in [0, 0.05) is 49.5 Å². The second-order valence-corrected chi connectivity index (χ2v) is 8.31. The van der Waals surface area contributed by atoms with Crippen LogP contribution in [0.3, 0.4) is 0 Å². The van der Waals surface area contributed by atoms with Gasteiger partial charge in [0.05, 0.1) is 22.2 Å². The summed E-state index contributed by atoms with van der Waals surface area (Å²) in [6, 6.07) is 5.87. The molecule has 1 aromatic carbocycles. The molecule has 4 nitrogen and oxygen atoms in total. The van der Waals surface area contributed by atoms with Gasteiger partial charge in [0.2, 0.25) is 5.92 Å². The number of fused-ring (bicyclic) bond motifs is 1. The lowest BCUT2D eigenvalue weighted by molar-refractivity contribution is -0.105. The first-order valence-corrected chi connectivity index (χ1v) is 9.79. The summed E-state index contributed by atoms with van der Waals surface area (Å²) in [5, 5.41) is 15.1. The summed E-state index contributed by atoms with van der Waals surface area (Å²) in [6.45, 7) is 1.69. The number of Topliss-reactive ketones (excluding diaryl/α,β-unsaturated/α-hetero) is 1. The molecule has 0 unspecified atom stereocenters. The van der Waals surface area contributed by atoms with E-state index in [1.54, 1.807) is 6.07 Å². The molecule has 4 rings (SSSR count). The van der Waals surface area contributed by atoms with Gasteiger partial charge >= 0.3 is 0 Å².